The maximum Gasteiger partial charge on any atom is 0.259 e. The lowest BCUT2D eigenvalue weighted by Crippen LogP contribution is -2.34. The number of nitrogens with one attached hydrogen (secondary N) is 2. The highest BCUT2D eigenvalue weighted by Crippen LogP contribution is 2.12. The fourth-order valence-electron chi connectivity index (χ4n) is 1.79. The van der Waals surface area contributed by atoms with Crippen molar-refractivity contribution >= 4 is 34.0 Å². The van der Waals surface area contributed by atoms with E-state index in [4.69, 9.17) is 4.74 Å². The SMILES string of the molecule is COc1cccc(C(=O)NCC(=O)N/N=C\c2ccc(Br)cc2)c1. The van der Waals surface area contributed by atoms with Gasteiger partial charge < -0.3 is 10.1 Å². The fourth-order valence-corrected chi connectivity index (χ4v) is 2.06. The molecule has 0 atom stereocenters. The van der Waals surface area contributed by atoms with Gasteiger partial charge in [-0.25, -0.2) is 5.43 Å². The first-order valence-corrected chi connectivity index (χ1v) is 7.87. The topological polar surface area (TPSA) is 79.8 Å². The van der Waals surface area contributed by atoms with Gasteiger partial charge in [0.15, 0.2) is 0 Å². The average molecular weight is 390 g/mol. The van der Waals surface area contributed by atoms with Gasteiger partial charge in [0.1, 0.15) is 5.75 Å². The van der Waals surface area contributed by atoms with Crippen molar-refractivity contribution in [1.29, 1.82) is 0 Å². The Hall–Kier alpha value is -2.67. The second-order valence-electron chi connectivity index (χ2n) is 4.76. The smallest absolute Gasteiger partial charge is 0.259 e. The fraction of sp³-hybridized carbons (Fsp3) is 0.118. The number of methoxy groups -OCH3 is 1. The number of carbonyl (C=O) groups excluding carboxylic acids is 2. The maximum atomic E-state index is 12.0. The Morgan fingerprint density at radius 2 is 1.96 bits per heavy atom. The van der Waals surface area contributed by atoms with E-state index in [-0.39, 0.29) is 12.5 Å². The minimum atomic E-state index is -0.417. The second-order valence-corrected chi connectivity index (χ2v) is 5.68. The van der Waals surface area contributed by atoms with Crippen LogP contribution < -0.4 is 15.5 Å². The summed E-state index contributed by atoms with van der Waals surface area (Å²) in [5, 5.41) is 6.36. The van der Waals surface area contributed by atoms with E-state index in [0.717, 1.165) is 10.0 Å². The van der Waals surface area contributed by atoms with Crippen LogP contribution in [0.1, 0.15) is 15.9 Å². The van der Waals surface area contributed by atoms with Crippen molar-refractivity contribution in [1.82, 2.24) is 10.7 Å². The van der Waals surface area contributed by atoms with E-state index in [2.05, 4.69) is 31.8 Å². The van der Waals surface area contributed by atoms with Crippen molar-refractivity contribution in [2.75, 3.05) is 13.7 Å². The molecule has 0 radical (unpaired) electrons. The number of halogens is 1. The van der Waals surface area contributed by atoms with Crippen molar-refractivity contribution in [2.45, 2.75) is 0 Å². The molecular formula is C17H16BrN3O3. The summed E-state index contributed by atoms with van der Waals surface area (Å²) in [6, 6.07) is 14.1. The van der Waals surface area contributed by atoms with Gasteiger partial charge >= 0.3 is 0 Å². The predicted octanol–water partition coefficient (Wildman–Crippen LogP) is 2.34. The third-order valence-electron chi connectivity index (χ3n) is 3.01. The monoisotopic (exact) mass is 389 g/mol. The number of hydrogen-bond donors (Lipinski definition) is 2. The number of hydrazone groups is 1. The Labute approximate surface area is 148 Å². The molecule has 0 aromatic heterocycles. The Morgan fingerprint density at radius 3 is 2.67 bits per heavy atom. The summed E-state index contributed by atoms with van der Waals surface area (Å²) < 4.78 is 6.01. The number of carbonyl (C=O) groups is 2. The molecule has 124 valence electrons. The van der Waals surface area contributed by atoms with Crippen molar-refractivity contribution in [2.24, 2.45) is 5.10 Å². The first-order chi connectivity index (χ1) is 11.6. The molecule has 2 aromatic rings. The van der Waals surface area contributed by atoms with Gasteiger partial charge in [-0.15, -0.1) is 0 Å². The molecule has 0 aliphatic heterocycles. The van der Waals surface area contributed by atoms with Gasteiger partial charge in [0.2, 0.25) is 0 Å². The molecule has 6 nitrogen and oxygen atoms in total. The Morgan fingerprint density at radius 1 is 1.21 bits per heavy atom. The quantitative estimate of drug-likeness (QED) is 0.587. The summed E-state index contributed by atoms with van der Waals surface area (Å²) in [4.78, 5) is 23.6. The number of hydrogen-bond acceptors (Lipinski definition) is 4. The van der Waals surface area contributed by atoms with Gasteiger partial charge in [0.25, 0.3) is 11.8 Å². The molecule has 0 aliphatic carbocycles. The van der Waals surface area contributed by atoms with Gasteiger partial charge in [0.05, 0.1) is 19.9 Å². The lowest BCUT2D eigenvalue weighted by atomic mass is 10.2. The normalized spacial score (nSPS) is 10.4. The van der Waals surface area contributed by atoms with Gasteiger partial charge in [-0.3, -0.25) is 9.59 Å². The first kappa shape index (κ1) is 17.7. The number of benzene rings is 2. The predicted molar refractivity (Wildman–Crippen MR) is 95.2 cm³/mol. The van der Waals surface area contributed by atoms with Crippen LogP contribution in [-0.2, 0) is 4.79 Å². The molecule has 7 heteroatoms. The molecule has 0 bridgehead atoms. The first-order valence-electron chi connectivity index (χ1n) is 7.08. The Balaban J connectivity index is 1.80. The molecule has 2 aromatic carbocycles. The van der Waals surface area contributed by atoms with Crippen LogP contribution in [0.2, 0.25) is 0 Å². The van der Waals surface area contributed by atoms with Crippen molar-refractivity contribution in [3.8, 4) is 5.75 Å². The van der Waals surface area contributed by atoms with Gasteiger partial charge in [-0.1, -0.05) is 34.1 Å². The van der Waals surface area contributed by atoms with Crippen LogP contribution in [0.3, 0.4) is 0 Å². The van der Waals surface area contributed by atoms with E-state index in [9.17, 15) is 9.59 Å². The lowest BCUT2D eigenvalue weighted by molar-refractivity contribution is -0.120. The van der Waals surface area contributed by atoms with Crippen LogP contribution in [0.4, 0.5) is 0 Å². The molecule has 2 rings (SSSR count). The zero-order chi connectivity index (χ0) is 17.4. The molecule has 0 saturated heterocycles. The van der Waals surface area contributed by atoms with Gasteiger partial charge in [0, 0.05) is 10.0 Å². The molecule has 2 N–H and O–H groups in total. The Kier molecular flexibility index (Phi) is 6.51. The standard InChI is InChI=1S/C17H16BrN3O3/c1-24-15-4-2-3-13(9-15)17(23)19-11-16(22)21-20-10-12-5-7-14(18)8-6-12/h2-10H,11H2,1H3,(H,19,23)(H,21,22)/b20-10-. The summed E-state index contributed by atoms with van der Waals surface area (Å²) in [6.45, 7) is -0.173. The average Bonchev–Trinajstić information content (AvgIpc) is 2.61. The highest BCUT2D eigenvalue weighted by atomic mass is 79.9. The van der Waals surface area contributed by atoms with Crippen LogP contribution in [0.25, 0.3) is 0 Å². The van der Waals surface area contributed by atoms with E-state index >= 15 is 0 Å². The summed E-state index contributed by atoms with van der Waals surface area (Å²) in [5.74, 6) is -0.202. The summed E-state index contributed by atoms with van der Waals surface area (Å²) in [5.41, 5.74) is 3.62. The summed E-state index contributed by atoms with van der Waals surface area (Å²) in [6.07, 6.45) is 1.52. The second kappa shape index (κ2) is 8.83. The highest BCUT2D eigenvalue weighted by molar-refractivity contribution is 9.10. The largest absolute Gasteiger partial charge is 0.497 e. The molecule has 0 aliphatic rings. The van der Waals surface area contributed by atoms with Crippen LogP contribution >= 0.6 is 15.9 Å². The Bertz CT molecular complexity index is 745. The van der Waals surface area contributed by atoms with Gasteiger partial charge in [-0.05, 0) is 35.9 Å². The van der Waals surface area contributed by atoms with E-state index in [0.29, 0.717) is 11.3 Å². The number of rotatable bonds is 6. The van der Waals surface area contributed by atoms with Crippen molar-refractivity contribution in [3.63, 3.8) is 0 Å². The van der Waals surface area contributed by atoms with Crippen molar-refractivity contribution in [3.05, 3.63) is 64.1 Å². The third-order valence-corrected chi connectivity index (χ3v) is 3.54. The minimum Gasteiger partial charge on any atom is -0.497 e. The van der Waals surface area contributed by atoms with Gasteiger partial charge in [-0.2, -0.15) is 5.10 Å². The molecule has 0 heterocycles. The number of nitrogens with zero attached hydrogens (tertiary/aromatic N) is 1. The van der Waals surface area contributed by atoms with E-state index in [1.807, 2.05) is 24.3 Å². The maximum absolute atomic E-state index is 12.0. The molecule has 0 saturated carbocycles. The zero-order valence-corrected chi connectivity index (χ0v) is 14.5. The summed E-state index contributed by atoms with van der Waals surface area (Å²) in [7, 11) is 1.52. The molecular weight excluding hydrogens is 374 g/mol. The molecule has 0 fully saturated rings. The third kappa shape index (κ3) is 5.51. The minimum absolute atomic E-state index is 0.173. The highest BCUT2D eigenvalue weighted by Gasteiger charge is 2.08. The van der Waals surface area contributed by atoms with Crippen LogP contribution in [0.5, 0.6) is 5.75 Å². The van der Waals surface area contributed by atoms with E-state index in [1.54, 1.807) is 24.3 Å². The molecule has 2 amide bonds. The van der Waals surface area contributed by atoms with Crippen LogP contribution in [-0.4, -0.2) is 31.7 Å². The zero-order valence-electron chi connectivity index (χ0n) is 13.0. The van der Waals surface area contributed by atoms with Crippen LogP contribution in [0.15, 0.2) is 58.1 Å². The summed E-state index contributed by atoms with van der Waals surface area (Å²) >= 11 is 3.34. The number of amides is 2. The number of ether oxygens (including phenoxy) is 1. The van der Waals surface area contributed by atoms with Crippen molar-refractivity contribution < 1.29 is 14.3 Å². The van der Waals surface area contributed by atoms with E-state index < -0.39 is 5.91 Å². The lowest BCUT2D eigenvalue weighted by Gasteiger charge is -2.05. The molecule has 24 heavy (non-hydrogen) atoms. The van der Waals surface area contributed by atoms with Crippen LogP contribution in [0, 0.1) is 0 Å². The molecule has 0 spiro atoms. The molecule has 0 unspecified atom stereocenters. The van der Waals surface area contributed by atoms with E-state index in [1.165, 1.54) is 13.3 Å².